The number of benzene rings is 1. The van der Waals surface area contributed by atoms with Crippen LogP contribution in [0.1, 0.15) is 34.5 Å². The molecule has 1 saturated carbocycles. The molecular formula is C16H14F3N3O. The summed E-state index contributed by atoms with van der Waals surface area (Å²) in [5.74, 6) is -0.250. The van der Waals surface area contributed by atoms with E-state index in [-0.39, 0.29) is 24.2 Å². The van der Waals surface area contributed by atoms with E-state index in [9.17, 15) is 18.0 Å². The van der Waals surface area contributed by atoms with Gasteiger partial charge in [0.15, 0.2) is 0 Å². The van der Waals surface area contributed by atoms with Crippen molar-refractivity contribution in [1.82, 2.24) is 14.9 Å². The number of rotatable bonds is 4. The zero-order valence-electron chi connectivity index (χ0n) is 12.1. The molecule has 0 saturated heterocycles. The fourth-order valence-electron chi connectivity index (χ4n) is 2.31. The number of alkyl halides is 3. The summed E-state index contributed by atoms with van der Waals surface area (Å²) in [7, 11) is 0. The quantitative estimate of drug-likeness (QED) is 0.868. The maximum Gasteiger partial charge on any atom is 0.416 e. The molecule has 0 unspecified atom stereocenters. The highest BCUT2D eigenvalue weighted by atomic mass is 19.4. The van der Waals surface area contributed by atoms with Gasteiger partial charge in [-0.3, -0.25) is 9.78 Å². The van der Waals surface area contributed by atoms with Crippen molar-refractivity contribution >= 4 is 5.91 Å². The summed E-state index contributed by atoms with van der Waals surface area (Å²) >= 11 is 0. The zero-order chi connectivity index (χ0) is 16.4. The Morgan fingerprint density at radius 1 is 1.17 bits per heavy atom. The molecule has 0 atom stereocenters. The zero-order valence-corrected chi connectivity index (χ0v) is 12.1. The van der Waals surface area contributed by atoms with Crippen molar-refractivity contribution in [2.75, 3.05) is 0 Å². The molecule has 0 N–H and O–H groups in total. The van der Waals surface area contributed by atoms with E-state index in [1.54, 1.807) is 4.90 Å². The summed E-state index contributed by atoms with van der Waals surface area (Å²) in [6.45, 7) is 0.262. The number of halogens is 3. The first-order valence-electron chi connectivity index (χ1n) is 7.18. The third-order valence-corrected chi connectivity index (χ3v) is 3.66. The van der Waals surface area contributed by atoms with E-state index in [2.05, 4.69) is 9.97 Å². The largest absolute Gasteiger partial charge is 0.416 e. The minimum atomic E-state index is -4.36. The van der Waals surface area contributed by atoms with Gasteiger partial charge in [0.25, 0.3) is 5.91 Å². The second-order valence-electron chi connectivity index (χ2n) is 5.45. The maximum absolute atomic E-state index is 12.6. The molecule has 7 heteroatoms. The molecule has 4 nitrogen and oxygen atoms in total. The minimum Gasteiger partial charge on any atom is -0.330 e. The highest BCUT2D eigenvalue weighted by Gasteiger charge is 2.34. The van der Waals surface area contributed by atoms with Gasteiger partial charge in [-0.05, 0) is 30.5 Å². The van der Waals surface area contributed by atoms with E-state index in [0.29, 0.717) is 5.56 Å². The van der Waals surface area contributed by atoms with Crippen LogP contribution < -0.4 is 0 Å². The third kappa shape index (κ3) is 3.67. The van der Waals surface area contributed by atoms with Crippen molar-refractivity contribution in [3.05, 3.63) is 59.7 Å². The fraction of sp³-hybridized carbons (Fsp3) is 0.312. The summed E-state index contributed by atoms with van der Waals surface area (Å²) < 4.78 is 37.8. The SMILES string of the molecule is O=C(c1cnccn1)N(Cc1ccc(C(F)(F)F)cc1)C1CC1. The Kier molecular flexibility index (Phi) is 4.02. The summed E-state index contributed by atoms with van der Waals surface area (Å²) in [6, 6.07) is 5.00. The Morgan fingerprint density at radius 3 is 2.39 bits per heavy atom. The maximum atomic E-state index is 12.6. The molecule has 1 aliphatic carbocycles. The standard InChI is InChI=1S/C16H14F3N3O/c17-16(18,19)12-3-1-11(2-4-12)10-22(13-5-6-13)15(23)14-9-20-7-8-21-14/h1-4,7-9,13H,5-6,10H2. The molecule has 0 bridgehead atoms. The van der Waals surface area contributed by atoms with Crippen molar-refractivity contribution in [2.45, 2.75) is 31.6 Å². The normalized spacial score (nSPS) is 14.6. The first kappa shape index (κ1) is 15.5. The Bertz CT molecular complexity index is 682. The molecule has 1 aliphatic rings. The van der Waals surface area contributed by atoms with Gasteiger partial charge in [0.1, 0.15) is 5.69 Å². The smallest absolute Gasteiger partial charge is 0.330 e. The van der Waals surface area contributed by atoms with E-state index < -0.39 is 11.7 Å². The van der Waals surface area contributed by atoms with Gasteiger partial charge < -0.3 is 4.90 Å². The molecular weight excluding hydrogens is 307 g/mol. The average molecular weight is 321 g/mol. The van der Waals surface area contributed by atoms with E-state index in [1.807, 2.05) is 0 Å². The number of hydrogen-bond acceptors (Lipinski definition) is 3. The van der Waals surface area contributed by atoms with Crippen LogP contribution in [0.25, 0.3) is 0 Å². The molecule has 1 aromatic heterocycles. The Balaban J connectivity index is 1.77. The summed E-state index contributed by atoms with van der Waals surface area (Å²) in [5, 5.41) is 0. The fourth-order valence-corrected chi connectivity index (χ4v) is 2.31. The van der Waals surface area contributed by atoms with E-state index in [1.165, 1.54) is 30.7 Å². The van der Waals surface area contributed by atoms with Gasteiger partial charge in [-0.25, -0.2) is 4.98 Å². The predicted octanol–water partition coefficient (Wildman–Crippen LogP) is 3.30. The number of aromatic nitrogens is 2. The molecule has 0 radical (unpaired) electrons. The van der Waals surface area contributed by atoms with Crippen LogP contribution >= 0.6 is 0 Å². The van der Waals surface area contributed by atoms with Crippen molar-refractivity contribution in [3.8, 4) is 0 Å². The molecule has 1 fully saturated rings. The minimum absolute atomic E-state index is 0.117. The number of carbonyl (C=O) groups is 1. The van der Waals surface area contributed by atoms with Crippen LogP contribution in [0.3, 0.4) is 0 Å². The van der Waals surface area contributed by atoms with Gasteiger partial charge >= 0.3 is 6.18 Å². The predicted molar refractivity (Wildman–Crippen MR) is 76.4 cm³/mol. The molecule has 120 valence electrons. The monoisotopic (exact) mass is 321 g/mol. The van der Waals surface area contributed by atoms with E-state index in [0.717, 1.165) is 25.0 Å². The summed E-state index contributed by atoms with van der Waals surface area (Å²) in [4.78, 5) is 22.0. The Hall–Kier alpha value is -2.44. The first-order valence-corrected chi connectivity index (χ1v) is 7.18. The average Bonchev–Trinajstić information content (AvgIpc) is 3.37. The first-order chi connectivity index (χ1) is 10.9. The molecule has 1 amide bonds. The van der Waals surface area contributed by atoms with Gasteiger partial charge in [0, 0.05) is 25.0 Å². The van der Waals surface area contributed by atoms with Crippen LogP contribution in [0.4, 0.5) is 13.2 Å². The number of amides is 1. The number of nitrogens with zero attached hydrogens (tertiary/aromatic N) is 3. The molecule has 3 rings (SSSR count). The van der Waals surface area contributed by atoms with E-state index >= 15 is 0 Å². The third-order valence-electron chi connectivity index (χ3n) is 3.66. The second kappa shape index (κ2) is 5.98. The van der Waals surface area contributed by atoms with Crippen molar-refractivity contribution in [3.63, 3.8) is 0 Å². The van der Waals surface area contributed by atoms with Gasteiger partial charge in [-0.1, -0.05) is 12.1 Å². The van der Waals surface area contributed by atoms with Crippen LogP contribution in [-0.4, -0.2) is 26.8 Å². The highest BCUT2D eigenvalue weighted by molar-refractivity contribution is 5.92. The van der Waals surface area contributed by atoms with Crippen molar-refractivity contribution in [2.24, 2.45) is 0 Å². The lowest BCUT2D eigenvalue weighted by Gasteiger charge is -2.22. The van der Waals surface area contributed by atoms with Crippen LogP contribution in [0, 0.1) is 0 Å². The highest BCUT2D eigenvalue weighted by Crippen LogP contribution is 2.31. The van der Waals surface area contributed by atoms with Crippen LogP contribution in [0.15, 0.2) is 42.9 Å². The van der Waals surface area contributed by atoms with Crippen molar-refractivity contribution < 1.29 is 18.0 Å². The summed E-state index contributed by atoms with van der Waals surface area (Å²) in [6.07, 6.45) is 1.75. The Morgan fingerprint density at radius 2 is 1.87 bits per heavy atom. The number of carbonyl (C=O) groups excluding carboxylic acids is 1. The van der Waals surface area contributed by atoms with Crippen LogP contribution in [-0.2, 0) is 12.7 Å². The van der Waals surface area contributed by atoms with Crippen molar-refractivity contribution in [1.29, 1.82) is 0 Å². The lowest BCUT2D eigenvalue weighted by molar-refractivity contribution is -0.137. The molecule has 0 aliphatic heterocycles. The molecule has 1 aromatic carbocycles. The molecule has 2 aromatic rings. The van der Waals surface area contributed by atoms with Gasteiger partial charge in [-0.15, -0.1) is 0 Å². The summed E-state index contributed by atoms with van der Waals surface area (Å²) in [5.41, 5.74) is 0.202. The van der Waals surface area contributed by atoms with E-state index in [4.69, 9.17) is 0 Å². The van der Waals surface area contributed by atoms with Crippen LogP contribution in [0.5, 0.6) is 0 Å². The molecule has 1 heterocycles. The second-order valence-corrected chi connectivity index (χ2v) is 5.45. The van der Waals surface area contributed by atoms with Gasteiger partial charge in [0.05, 0.1) is 11.8 Å². The lowest BCUT2D eigenvalue weighted by atomic mass is 10.1. The molecule has 23 heavy (non-hydrogen) atoms. The topological polar surface area (TPSA) is 46.1 Å². The Labute approximate surface area is 131 Å². The van der Waals surface area contributed by atoms with Gasteiger partial charge in [0.2, 0.25) is 0 Å². The van der Waals surface area contributed by atoms with Gasteiger partial charge in [-0.2, -0.15) is 13.2 Å². The van der Waals surface area contributed by atoms with Crippen LogP contribution in [0.2, 0.25) is 0 Å². The number of hydrogen-bond donors (Lipinski definition) is 0. The molecule has 0 spiro atoms. The lowest BCUT2D eigenvalue weighted by Crippen LogP contribution is -2.33.